The standard InChI is InChI=1S/C21H19ClFN3O4.ClH/c1-12(27)30-20-9-18-15(8-19(20)29-10-14-3-2-6-28-14)21(25-11-24-18)26-13-4-5-17(23)16(22)7-13;/h4-5,7-9,11,14H,2-3,6,10H2,1H3,(H,24,25,26);1H/t14-;/m0./s1. The number of anilines is 2. The molecule has 0 radical (unpaired) electrons. The van der Waals surface area contributed by atoms with E-state index in [0.717, 1.165) is 12.8 Å². The maximum atomic E-state index is 13.5. The summed E-state index contributed by atoms with van der Waals surface area (Å²) < 4.78 is 30.3. The smallest absolute Gasteiger partial charge is 0.308 e. The molecule has 4 rings (SSSR count). The molecule has 1 saturated heterocycles. The zero-order valence-electron chi connectivity index (χ0n) is 16.6. The second kappa shape index (κ2) is 10.1. The van der Waals surface area contributed by atoms with Crippen molar-refractivity contribution in [2.24, 2.45) is 0 Å². The van der Waals surface area contributed by atoms with Crippen LogP contribution < -0.4 is 14.8 Å². The highest BCUT2D eigenvalue weighted by Gasteiger charge is 2.19. The fraction of sp³-hybridized carbons (Fsp3) is 0.286. The summed E-state index contributed by atoms with van der Waals surface area (Å²) in [6.07, 6.45) is 3.28. The van der Waals surface area contributed by atoms with Gasteiger partial charge in [-0.15, -0.1) is 12.4 Å². The highest BCUT2D eigenvalue weighted by molar-refractivity contribution is 6.31. The van der Waals surface area contributed by atoms with Crippen LogP contribution in [0.1, 0.15) is 19.8 Å². The van der Waals surface area contributed by atoms with E-state index in [2.05, 4.69) is 15.3 Å². The first-order valence-corrected chi connectivity index (χ1v) is 9.81. The van der Waals surface area contributed by atoms with Crippen LogP contribution >= 0.6 is 24.0 Å². The summed E-state index contributed by atoms with van der Waals surface area (Å²) in [5.41, 5.74) is 1.11. The van der Waals surface area contributed by atoms with Crippen molar-refractivity contribution in [3.8, 4) is 11.5 Å². The van der Waals surface area contributed by atoms with Crippen LogP contribution in [0.15, 0.2) is 36.7 Å². The average Bonchev–Trinajstić information content (AvgIpc) is 3.23. The number of rotatable bonds is 6. The number of nitrogens with one attached hydrogen (secondary N) is 1. The van der Waals surface area contributed by atoms with E-state index >= 15 is 0 Å². The van der Waals surface area contributed by atoms with Crippen LogP contribution in [0.3, 0.4) is 0 Å². The minimum Gasteiger partial charge on any atom is -0.487 e. The third-order valence-corrected chi connectivity index (χ3v) is 4.88. The quantitative estimate of drug-likeness (QED) is 0.400. The fourth-order valence-corrected chi connectivity index (χ4v) is 3.36. The van der Waals surface area contributed by atoms with Crippen molar-refractivity contribution < 1.29 is 23.4 Å². The van der Waals surface area contributed by atoms with Gasteiger partial charge in [0.25, 0.3) is 0 Å². The van der Waals surface area contributed by atoms with Crippen LogP contribution in [0.5, 0.6) is 11.5 Å². The van der Waals surface area contributed by atoms with E-state index in [9.17, 15) is 9.18 Å². The van der Waals surface area contributed by atoms with Gasteiger partial charge in [-0.25, -0.2) is 14.4 Å². The molecule has 10 heteroatoms. The summed E-state index contributed by atoms with van der Waals surface area (Å²) in [5.74, 6) is 0.139. The Bertz CT molecular complexity index is 1090. The molecule has 3 aromatic rings. The number of carbonyl (C=O) groups is 1. The Balaban J connectivity index is 0.00000272. The average molecular weight is 468 g/mol. The molecule has 31 heavy (non-hydrogen) atoms. The number of hydrogen-bond donors (Lipinski definition) is 1. The Morgan fingerprint density at radius 3 is 2.84 bits per heavy atom. The molecule has 1 aliphatic rings. The highest BCUT2D eigenvalue weighted by atomic mass is 35.5. The van der Waals surface area contributed by atoms with Crippen molar-refractivity contribution in [3.05, 3.63) is 47.5 Å². The number of halogens is 3. The molecule has 0 unspecified atom stereocenters. The van der Waals surface area contributed by atoms with Gasteiger partial charge in [-0.2, -0.15) is 0 Å². The lowest BCUT2D eigenvalue weighted by Crippen LogP contribution is -2.17. The van der Waals surface area contributed by atoms with Crippen molar-refractivity contribution >= 4 is 52.4 Å². The first kappa shape index (κ1) is 23.0. The first-order valence-electron chi connectivity index (χ1n) is 9.43. The van der Waals surface area contributed by atoms with Crippen molar-refractivity contribution in [1.82, 2.24) is 9.97 Å². The fourth-order valence-electron chi connectivity index (χ4n) is 3.18. The van der Waals surface area contributed by atoms with Gasteiger partial charge in [0.2, 0.25) is 0 Å². The van der Waals surface area contributed by atoms with E-state index in [1.165, 1.54) is 25.4 Å². The predicted molar refractivity (Wildman–Crippen MR) is 117 cm³/mol. The maximum Gasteiger partial charge on any atom is 0.308 e. The summed E-state index contributed by atoms with van der Waals surface area (Å²) in [7, 11) is 0. The Hall–Kier alpha value is -2.68. The van der Waals surface area contributed by atoms with Gasteiger partial charge in [0.15, 0.2) is 11.5 Å². The summed E-state index contributed by atoms with van der Waals surface area (Å²) >= 11 is 5.87. The zero-order valence-corrected chi connectivity index (χ0v) is 18.1. The topological polar surface area (TPSA) is 82.6 Å². The summed E-state index contributed by atoms with van der Waals surface area (Å²) in [6, 6.07) is 7.61. The molecule has 2 heterocycles. The monoisotopic (exact) mass is 467 g/mol. The number of fused-ring (bicyclic) bond motifs is 1. The number of esters is 1. The Morgan fingerprint density at radius 2 is 2.13 bits per heavy atom. The second-order valence-corrected chi connectivity index (χ2v) is 7.24. The number of carbonyl (C=O) groups excluding carboxylic acids is 1. The second-order valence-electron chi connectivity index (χ2n) is 6.83. The van der Waals surface area contributed by atoms with Gasteiger partial charge in [0.1, 0.15) is 24.6 Å². The molecule has 1 fully saturated rings. The van der Waals surface area contributed by atoms with Gasteiger partial charge in [-0.05, 0) is 37.1 Å². The summed E-state index contributed by atoms with van der Waals surface area (Å²) in [5, 5.41) is 3.74. The predicted octanol–water partition coefficient (Wildman–Crippen LogP) is 5.07. The van der Waals surface area contributed by atoms with E-state index in [1.54, 1.807) is 18.2 Å². The normalized spacial score (nSPS) is 15.4. The molecule has 164 valence electrons. The third-order valence-electron chi connectivity index (χ3n) is 4.59. The Morgan fingerprint density at radius 1 is 1.29 bits per heavy atom. The third kappa shape index (κ3) is 5.52. The molecule has 0 saturated carbocycles. The molecule has 1 atom stereocenters. The van der Waals surface area contributed by atoms with Crippen LogP contribution in [0.25, 0.3) is 10.9 Å². The SMILES string of the molecule is CC(=O)Oc1cc2ncnc(Nc3ccc(F)c(Cl)c3)c2cc1OC[C@@H]1CCCO1.Cl. The molecule has 0 spiro atoms. The molecule has 2 aromatic carbocycles. The Kier molecular flexibility index (Phi) is 7.48. The van der Waals surface area contributed by atoms with Gasteiger partial charge in [-0.1, -0.05) is 11.6 Å². The summed E-state index contributed by atoms with van der Waals surface area (Å²) in [4.78, 5) is 20.1. The number of hydrogen-bond acceptors (Lipinski definition) is 7. The van der Waals surface area contributed by atoms with Gasteiger partial charge < -0.3 is 19.5 Å². The summed E-state index contributed by atoms with van der Waals surface area (Å²) in [6.45, 7) is 2.37. The van der Waals surface area contributed by atoms with Gasteiger partial charge in [0.05, 0.1) is 16.6 Å². The van der Waals surface area contributed by atoms with Gasteiger partial charge in [0, 0.05) is 30.7 Å². The Labute approximate surface area is 189 Å². The molecule has 0 amide bonds. The van der Waals surface area contributed by atoms with Crippen LogP contribution in [0.2, 0.25) is 5.02 Å². The van der Waals surface area contributed by atoms with Crippen molar-refractivity contribution in [1.29, 1.82) is 0 Å². The number of benzene rings is 2. The maximum absolute atomic E-state index is 13.5. The molecular weight excluding hydrogens is 448 g/mol. The number of ether oxygens (including phenoxy) is 3. The molecule has 1 aromatic heterocycles. The first-order chi connectivity index (χ1) is 14.5. The molecule has 1 N–H and O–H groups in total. The molecule has 0 aliphatic carbocycles. The molecule has 7 nitrogen and oxygen atoms in total. The molecule has 0 bridgehead atoms. The lowest BCUT2D eigenvalue weighted by atomic mass is 10.2. The lowest BCUT2D eigenvalue weighted by Gasteiger charge is -2.16. The van der Waals surface area contributed by atoms with Crippen LogP contribution in [-0.2, 0) is 9.53 Å². The van der Waals surface area contributed by atoms with Gasteiger partial charge in [-0.3, -0.25) is 4.79 Å². The number of nitrogens with zero attached hydrogens (tertiary/aromatic N) is 2. The molecular formula is C21H20Cl2FN3O4. The largest absolute Gasteiger partial charge is 0.487 e. The van der Waals surface area contributed by atoms with Crippen LogP contribution in [0, 0.1) is 5.82 Å². The van der Waals surface area contributed by atoms with Crippen LogP contribution in [-0.4, -0.2) is 35.3 Å². The van der Waals surface area contributed by atoms with E-state index in [0.29, 0.717) is 41.4 Å². The highest BCUT2D eigenvalue weighted by Crippen LogP contribution is 2.36. The lowest BCUT2D eigenvalue weighted by molar-refractivity contribution is -0.132. The number of aromatic nitrogens is 2. The van der Waals surface area contributed by atoms with E-state index in [1.807, 2.05) is 0 Å². The van der Waals surface area contributed by atoms with Crippen molar-refractivity contribution in [2.45, 2.75) is 25.9 Å². The van der Waals surface area contributed by atoms with Gasteiger partial charge >= 0.3 is 5.97 Å². The van der Waals surface area contributed by atoms with E-state index < -0.39 is 11.8 Å². The van der Waals surface area contributed by atoms with E-state index in [-0.39, 0.29) is 29.3 Å². The van der Waals surface area contributed by atoms with E-state index in [4.69, 9.17) is 25.8 Å². The van der Waals surface area contributed by atoms with Crippen molar-refractivity contribution in [2.75, 3.05) is 18.5 Å². The molecule has 1 aliphatic heterocycles. The van der Waals surface area contributed by atoms with Crippen LogP contribution in [0.4, 0.5) is 15.9 Å². The zero-order chi connectivity index (χ0) is 21.1. The van der Waals surface area contributed by atoms with Crippen molar-refractivity contribution in [3.63, 3.8) is 0 Å². The minimum atomic E-state index is -0.509. The minimum absolute atomic E-state index is 0.